The molecule has 0 amide bonds. The zero-order valence-electron chi connectivity index (χ0n) is 16.1. The summed E-state index contributed by atoms with van der Waals surface area (Å²) >= 11 is 0. The lowest BCUT2D eigenvalue weighted by molar-refractivity contribution is 0.0557. The van der Waals surface area contributed by atoms with Gasteiger partial charge in [-0.2, -0.15) is 9.57 Å². The van der Waals surface area contributed by atoms with Crippen molar-refractivity contribution in [3.8, 4) is 6.07 Å². The Morgan fingerprint density at radius 3 is 2.38 bits per heavy atom. The predicted octanol–water partition coefficient (Wildman–Crippen LogP) is 3.69. The predicted molar refractivity (Wildman–Crippen MR) is 111 cm³/mol. The summed E-state index contributed by atoms with van der Waals surface area (Å²) in [5, 5.41) is 19.7. The number of rotatable bonds is 5. The zero-order chi connectivity index (χ0) is 20.4. The molecule has 0 spiro atoms. The molecule has 0 aromatic heterocycles. The van der Waals surface area contributed by atoms with Crippen LogP contribution in [0.15, 0.2) is 65.6 Å². The highest BCUT2D eigenvalue weighted by Crippen LogP contribution is 2.44. The SMILES string of the molecule is N#C[C@H]1[C@@H](c2ccc(C3=CCCCC3)cc2)[C@@H](CO)N1S(=O)(=O)c1ccccc1. The van der Waals surface area contributed by atoms with Gasteiger partial charge in [0.1, 0.15) is 6.04 Å². The topological polar surface area (TPSA) is 81.4 Å². The maximum Gasteiger partial charge on any atom is 0.244 e. The van der Waals surface area contributed by atoms with Gasteiger partial charge in [-0.25, -0.2) is 8.42 Å². The maximum atomic E-state index is 13.0. The van der Waals surface area contributed by atoms with Crippen molar-refractivity contribution in [2.75, 3.05) is 6.61 Å². The Bertz CT molecular complexity index is 1040. The van der Waals surface area contributed by atoms with Gasteiger partial charge in [-0.3, -0.25) is 0 Å². The van der Waals surface area contributed by atoms with Crippen LogP contribution in [-0.2, 0) is 10.0 Å². The molecule has 29 heavy (non-hydrogen) atoms. The first kappa shape index (κ1) is 19.8. The fraction of sp³-hybridized carbons (Fsp3) is 0.348. The van der Waals surface area contributed by atoms with Gasteiger partial charge in [0.05, 0.1) is 23.6 Å². The Balaban J connectivity index is 1.62. The number of allylic oxidation sites excluding steroid dienone is 2. The standard InChI is InChI=1S/C23H24N2O3S/c24-15-21-23(19-13-11-18(12-14-19)17-7-3-1-4-8-17)22(16-26)25(21)29(27,28)20-9-5-2-6-10-20/h2,5-7,9-14,21-23,26H,1,3-4,8,16H2/t21-,22+,23+/m0/s1. The molecule has 5 nitrogen and oxygen atoms in total. The smallest absolute Gasteiger partial charge is 0.244 e. The van der Waals surface area contributed by atoms with Crippen LogP contribution < -0.4 is 0 Å². The van der Waals surface area contributed by atoms with Crippen molar-refractivity contribution in [3.05, 3.63) is 71.8 Å². The van der Waals surface area contributed by atoms with E-state index in [-0.39, 0.29) is 17.4 Å². The monoisotopic (exact) mass is 408 g/mol. The summed E-state index contributed by atoms with van der Waals surface area (Å²) in [7, 11) is -3.85. The van der Waals surface area contributed by atoms with E-state index in [2.05, 4.69) is 12.1 Å². The van der Waals surface area contributed by atoms with Gasteiger partial charge in [-0.05, 0) is 54.5 Å². The largest absolute Gasteiger partial charge is 0.395 e. The Morgan fingerprint density at radius 2 is 1.79 bits per heavy atom. The molecule has 6 heteroatoms. The van der Waals surface area contributed by atoms with Crippen LogP contribution in [0.2, 0.25) is 0 Å². The molecule has 1 aliphatic carbocycles. The third-order valence-electron chi connectivity index (χ3n) is 5.95. The number of aliphatic hydroxyl groups is 1. The van der Waals surface area contributed by atoms with E-state index in [0.717, 1.165) is 22.7 Å². The minimum Gasteiger partial charge on any atom is -0.395 e. The van der Waals surface area contributed by atoms with Gasteiger partial charge in [-0.1, -0.05) is 48.5 Å². The maximum absolute atomic E-state index is 13.0. The number of nitrogens with zero attached hydrogens (tertiary/aromatic N) is 2. The first-order valence-corrected chi connectivity index (χ1v) is 11.4. The molecule has 2 aromatic carbocycles. The number of hydrogen-bond donors (Lipinski definition) is 1. The molecule has 2 aromatic rings. The van der Waals surface area contributed by atoms with Crippen molar-refractivity contribution in [1.29, 1.82) is 5.26 Å². The third-order valence-corrected chi connectivity index (χ3v) is 7.87. The van der Waals surface area contributed by atoms with E-state index < -0.39 is 22.1 Å². The molecule has 0 radical (unpaired) electrons. The van der Waals surface area contributed by atoms with Gasteiger partial charge >= 0.3 is 0 Å². The van der Waals surface area contributed by atoms with E-state index in [9.17, 15) is 18.8 Å². The summed E-state index contributed by atoms with van der Waals surface area (Å²) in [4.78, 5) is 0.136. The minimum atomic E-state index is -3.85. The highest BCUT2D eigenvalue weighted by atomic mass is 32.2. The van der Waals surface area contributed by atoms with Gasteiger partial charge in [0, 0.05) is 5.92 Å². The van der Waals surface area contributed by atoms with E-state index in [1.807, 2.05) is 24.3 Å². The lowest BCUT2D eigenvalue weighted by Gasteiger charge is -2.50. The fourth-order valence-electron chi connectivity index (χ4n) is 4.43. The van der Waals surface area contributed by atoms with E-state index in [4.69, 9.17) is 0 Å². The highest BCUT2D eigenvalue weighted by Gasteiger charge is 2.55. The van der Waals surface area contributed by atoms with Crippen molar-refractivity contribution in [2.45, 2.75) is 48.6 Å². The number of aliphatic hydroxyl groups excluding tert-OH is 1. The molecule has 1 aliphatic heterocycles. The first-order chi connectivity index (χ1) is 14.1. The van der Waals surface area contributed by atoms with E-state index in [1.165, 1.54) is 36.1 Å². The average molecular weight is 409 g/mol. The molecule has 2 aliphatic rings. The lowest BCUT2D eigenvalue weighted by atomic mass is 9.78. The number of hydrogen-bond acceptors (Lipinski definition) is 4. The van der Waals surface area contributed by atoms with Crippen LogP contribution in [0.1, 0.15) is 42.7 Å². The molecule has 0 unspecified atom stereocenters. The minimum absolute atomic E-state index is 0.136. The van der Waals surface area contributed by atoms with Crippen LogP contribution in [-0.4, -0.2) is 36.5 Å². The summed E-state index contributed by atoms with van der Waals surface area (Å²) in [6, 6.07) is 16.8. The molecular weight excluding hydrogens is 384 g/mol. The molecule has 0 saturated carbocycles. The van der Waals surface area contributed by atoms with Crippen molar-refractivity contribution >= 4 is 15.6 Å². The normalized spacial score (nSPS) is 25.0. The van der Waals surface area contributed by atoms with E-state index in [1.54, 1.807) is 18.2 Å². The highest BCUT2D eigenvalue weighted by molar-refractivity contribution is 7.89. The van der Waals surface area contributed by atoms with Crippen LogP contribution in [0.25, 0.3) is 5.57 Å². The molecule has 1 heterocycles. The summed E-state index contributed by atoms with van der Waals surface area (Å²) in [5.74, 6) is -0.349. The van der Waals surface area contributed by atoms with Gasteiger partial charge in [0.25, 0.3) is 0 Å². The molecule has 1 saturated heterocycles. The lowest BCUT2D eigenvalue weighted by Crippen LogP contribution is -2.64. The Kier molecular flexibility index (Phi) is 5.55. The molecule has 1 fully saturated rings. The van der Waals surface area contributed by atoms with E-state index in [0.29, 0.717) is 0 Å². The molecule has 0 bridgehead atoms. The van der Waals surface area contributed by atoms with Crippen molar-refractivity contribution in [2.24, 2.45) is 0 Å². The number of sulfonamides is 1. The van der Waals surface area contributed by atoms with Gasteiger partial charge < -0.3 is 5.11 Å². The van der Waals surface area contributed by atoms with Crippen LogP contribution in [0.5, 0.6) is 0 Å². The third kappa shape index (κ3) is 3.51. The van der Waals surface area contributed by atoms with Crippen LogP contribution >= 0.6 is 0 Å². The summed E-state index contributed by atoms with van der Waals surface area (Å²) < 4.78 is 27.3. The second-order valence-corrected chi connectivity index (χ2v) is 9.44. The van der Waals surface area contributed by atoms with Gasteiger partial charge in [0.2, 0.25) is 10.0 Å². The Labute approximate surface area is 172 Å². The number of nitriles is 1. The first-order valence-electron chi connectivity index (χ1n) is 9.96. The average Bonchev–Trinajstić information content (AvgIpc) is 2.75. The van der Waals surface area contributed by atoms with Crippen molar-refractivity contribution < 1.29 is 13.5 Å². The van der Waals surface area contributed by atoms with Crippen molar-refractivity contribution in [1.82, 2.24) is 4.31 Å². The second kappa shape index (κ2) is 8.11. The molecular formula is C23H24N2O3S. The molecule has 3 atom stereocenters. The molecule has 4 rings (SSSR count). The van der Waals surface area contributed by atoms with Gasteiger partial charge in [0.15, 0.2) is 0 Å². The van der Waals surface area contributed by atoms with Crippen LogP contribution in [0.3, 0.4) is 0 Å². The summed E-state index contributed by atoms with van der Waals surface area (Å²) in [5.41, 5.74) is 3.41. The zero-order valence-corrected chi connectivity index (χ0v) is 16.9. The van der Waals surface area contributed by atoms with Crippen LogP contribution in [0, 0.1) is 11.3 Å². The fourth-order valence-corrected chi connectivity index (χ4v) is 6.21. The van der Waals surface area contributed by atoms with Gasteiger partial charge in [-0.15, -0.1) is 0 Å². The quantitative estimate of drug-likeness (QED) is 0.818. The summed E-state index contributed by atoms with van der Waals surface area (Å²) in [6.45, 7) is -0.332. The Morgan fingerprint density at radius 1 is 1.07 bits per heavy atom. The summed E-state index contributed by atoms with van der Waals surface area (Å²) in [6.07, 6.45) is 6.90. The van der Waals surface area contributed by atoms with Crippen LogP contribution in [0.4, 0.5) is 0 Å². The Hall–Kier alpha value is -2.46. The molecule has 1 N–H and O–H groups in total. The second-order valence-electron chi connectivity index (χ2n) is 7.59. The van der Waals surface area contributed by atoms with E-state index >= 15 is 0 Å². The number of benzene rings is 2. The molecule has 150 valence electrons. The van der Waals surface area contributed by atoms with Crippen molar-refractivity contribution in [3.63, 3.8) is 0 Å².